The molecule has 0 saturated carbocycles. The molecule has 0 amide bonds. The number of benzene rings is 6. The molecule has 0 saturated heterocycles. The van der Waals surface area contributed by atoms with Gasteiger partial charge >= 0.3 is 0 Å². The van der Waals surface area contributed by atoms with Gasteiger partial charge in [-0.05, 0) is 75.8 Å². The van der Waals surface area contributed by atoms with Gasteiger partial charge in [0.25, 0.3) is 0 Å². The Kier molecular flexibility index (Phi) is 6.47. The highest BCUT2D eigenvalue weighted by Gasteiger charge is 2.36. The molecule has 11 rings (SSSR count). The van der Waals surface area contributed by atoms with Crippen LogP contribution in [-0.4, -0.2) is 9.97 Å². The maximum atomic E-state index is 6.30. The quantitative estimate of drug-likeness (QED) is 0.184. The van der Waals surface area contributed by atoms with E-state index >= 15 is 0 Å². The van der Waals surface area contributed by atoms with E-state index in [4.69, 9.17) is 14.4 Å². The summed E-state index contributed by atoms with van der Waals surface area (Å²) in [6, 6.07) is 52.1. The molecule has 0 bridgehead atoms. The summed E-state index contributed by atoms with van der Waals surface area (Å²) < 4.78 is 8.90. The van der Waals surface area contributed by atoms with Crippen molar-refractivity contribution in [2.75, 3.05) is 0 Å². The normalized spacial score (nSPS) is 13.2. The molecule has 53 heavy (non-hydrogen) atoms. The third-order valence-electron chi connectivity index (χ3n) is 11.2. The lowest BCUT2D eigenvalue weighted by molar-refractivity contribution is 0.661. The number of rotatable bonds is 4. The topological polar surface area (TPSA) is 38.9 Å². The number of nitrogens with zero attached hydrogens (tertiary/aromatic N) is 2. The fraction of sp³-hybridized carbons (Fsp3) is 0.0612. The summed E-state index contributed by atoms with van der Waals surface area (Å²) in [7, 11) is 0. The van der Waals surface area contributed by atoms with E-state index in [1.54, 1.807) is 0 Å². The average molecular weight is 697 g/mol. The fourth-order valence-corrected chi connectivity index (χ4v) is 9.67. The van der Waals surface area contributed by atoms with Crippen molar-refractivity contribution in [3.8, 4) is 55.9 Å². The number of hydrogen-bond donors (Lipinski definition) is 0. The number of hydrogen-bond acceptors (Lipinski definition) is 4. The molecule has 4 heterocycles. The summed E-state index contributed by atoms with van der Waals surface area (Å²) in [6.07, 6.45) is 4.02. The molecule has 10 aromatic rings. The lowest BCUT2D eigenvalue weighted by atomic mass is 9.81. The largest absolute Gasteiger partial charge is 0.455 e. The van der Waals surface area contributed by atoms with Gasteiger partial charge in [-0.15, -0.1) is 11.3 Å². The van der Waals surface area contributed by atoms with Crippen molar-refractivity contribution in [1.29, 1.82) is 0 Å². The van der Waals surface area contributed by atoms with Gasteiger partial charge in [0.2, 0.25) is 0 Å². The van der Waals surface area contributed by atoms with Crippen LogP contribution in [0, 0.1) is 0 Å². The van der Waals surface area contributed by atoms with E-state index in [2.05, 4.69) is 147 Å². The Morgan fingerprint density at radius 3 is 1.72 bits per heavy atom. The number of aromatic nitrogens is 2. The monoisotopic (exact) mass is 696 g/mol. The molecule has 1 aliphatic rings. The smallest absolute Gasteiger partial charge is 0.144 e. The number of para-hydroxylation sites is 2. The molecule has 0 fully saturated rings. The van der Waals surface area contributed by atoms with Crippen LogP contribution in [0.5, 0.6) is 0 Å². The Morgan fingerprint density at radius 2 is 1.04 bits per heavy atom. The molecule has 0 spiro atoms. The summed E-state index contributed by atoms with van der Waals surface area (Å²) in [5.41, 5.74) is 15.5. The number of pyridine rings is 2. The molecular formula is C49H32N2OS. The van der Waals surface area contributed by atoms with Crippen LogP contribution in [0.4, 0.5) is 0 Å². The van der Waals surface area contributed by atoms with Crippen LogP contribution in [0.3, 0.4) is 0 Å². The first kappa shape index (κ1) is 30.3. The fourth-order valence-electron chi connectivity index (χ4n) is 8.44. The van der Waals surface area contributed by atoms with Crippen molar-refractivity contribution in [3.63, 3.8) is 0 Å². The molecule has 0 N–H and O–H groups in total. The van der Waals surface area contributed by atoms with Crippen LogP contribution in [-0.2, 0) is 5.41 Å². The van der Waals surface area contributed by atoms with E-state index in [1.807, 2.05) is 35.9 Å². The van der Waals surface area contributed by atoms with Crippen molar-refractivity contribution in [1.82, 2.24) is 9.97 Å². The van der Waals surface area contributed by atoms with Crippen LogP contribution in [0.2, 0.25) is 0 Å². The molecule has 0 unspecified atom stereocenters. The third kappa shape index (κ3) is 4.59. The van der Waals surface area contributed by atoms with Gasteiger partial charge in [0, 0.05) is 71.0 Å². The van der Waals surface area contributed by atoms with Crippen molar-refractivity contribution >= 4 is 53.4 Å². The molecule has 3 nitrogen and oxygen atoms in total. The number of fused-ring (bicyclic) bond motifs is 9. The van der Waals surface area contributed by atoms with Crippen LogP contribution in [0.1, 0.15) is 25.0 Å². The maximum Gasteiger partial charge on any atom is 0.144 e. The molecular weight excluding hydrogens is 665 g/mol. The Labute approximate surface area is 310 Å². The summed E-state index contributed by atoms with van der Waals surface area (Å²) in [5, 5.41) is 4.84. The van der Waals surface area contributed by atoms with E-state index in [-0.39, 0.29) is 5.41 Å². The Hall–Kier alpha value is -6.36. The molecule has 250 valence electrons. The Morgan fingerprint density at radius 1 is 0.472 bits per heavy atom. The van der Waals surface area contributed by atoms with Crippen molar-refractivity contribution in [3.05, 3.63) is 169 Å². The third-order valence-corrected chi connectivity index (χ3v) is 12.4. The van der Waals surface area contributed by atoms with Crippen LogP contribution < -0.4 is 0 Å². The first-order valence-corrected chi connectivity index (χ1v) is 18.9. The highest BCUT2D eigenvalue weighted by Crippen LogP contribution is 2.51. The van der Waals surface area contributed by atoms with E-state index in [9.17, 15) is 0 Å². The van der Waals surface area contributed by atoms with E-state index < -0.39 is 0 Å². The van der Waals surface area contributed by atoms with E-state index in [1.165, 1.54) is 59.1 Å². The predicted molar refractivity (Wildman–Crippen MR) is 222 cm³/mol. The summed E-state index contributed by atoms with van der Waals surface area (Å²) in [6.45, 7) is 4.68. The van der Waals surface area contributed by atoms with Gasteiger partial charge in [-0.1, -0.05) is 117 Å². The zero-order valence-electron chi connectivity index (χ0n) is 29.2. The van der Waals surface area contributed by atoms with Crippen molar-refractivity contribution in [2.24, 2.45) is 0 Å². The first-order valence-electron chi connectivity index (χ1n) is 18.0. The second-order valence-electron chi connectivity index (χ2n) is 14.6. The molecule has 1 aliphatic carbocycles. The zero-order valence-corrected chi connectivity index (χ0v) is 30.0. The number of thiophene rings is 1. The minimum atomic E-state index is -0.162. The van der Waals surface area contributed by atoms with Crippen LogP contribution in [0.25, 0.3) is 98.0 Å². The van der Waals surface area contributed by atoms with Gasteiger partial charge in [0.15, 0.2) is 0 Å². The van der Waals surface area contributed by atoms with E-state index in [0.29, 0.717) is 0 Å². The van der Waals surface area contributed by atoms with Gasteiger partial charge < -0.3 is 4.42 Å². The standard InChI is InChI=1S/C49H32N2OS/c1-49(2)41-25-29(31-19-23-43(50-27-31)39-13-7-11-37-35-9-3-5-15-45(35)52-47(37)39)17-21-33(41)34-22-18-30(26-42(34)49)32-20-24-44(51-28-32)40-14-8-12-38-36-10-4-6-16-46(36)53-48(38)40/h3-28H,1-2H3. The van der Waals surface area contributed by atoms with Gasteiger partial charge in [-0.3, -0.25) is 9.97 Å². The molecule has 4 heteroatoms. The van der Waals surface area contributed by atoms with Crippen molar-refractivity contribution < 1.29 is 4.42 Å². The minimum Gasteiger partial charge on any atom is -0.455 e. The summed E-state index contributed by atoms with van der Waals surface area (Å²) in [5.74, 6) is 0. The average Bonchev–Trinajstić information content (AvgIpc) is 3.86. The first-order chi connectivity index (χ1) is 26.0. The summed E-state index contributed by atoms with van der Waals surface area (Å²) in [4.78, 5) is 9.95. The second kappa shape index (κ2) is 11.3. The molecule has 4 aromatic heterocycles. The van der Waals surface area contributed by atoms with Gasteiger partial charge in [-0.2, -0.15) is 0 Å². The van der Waals surface area contributed by atoms with Crippen molar-refractivity contribution in [2.45, 2.75) is 19.3 Å². The van der Waals surface area contributed by atoms with Crippen LogP contribution in [0.15, 0.2) is 162 Å². The minimum absolute atomic E-state index is 0.162. The Bertz CT molecular complexity index is 2870. The number of furan rings is 1. The lowest BCUT2D eigenvalue weighted by Crippen LogP contribution is -2.15. The second-order valence-corrected chi connectivity index (χ2v) is 15.6. The van der Waals surface area contributed by atoms with Gasteiger partial charge in [0.1, 0.15) is 11.2 Å². The van der Waals surface area contributed by atoms with E-state index in [0.717, 1.165) is 50.0 Å². The molecule has 0 radical (unpaired) electrons. The van der Waals surface area contributed by atoms with Gasteiger partial charge in [-0.25, -0.2) is 0 Å². The maximum absolute atomic E-state index is 6.30. The summed E-state index contributed by atoms with van der Waals surface area (Å²) >= 11 is 1.84. The predicted octanol–water partition coefficient (Wildman–Crippen LogP) is 13.7. The SMILES string of the molecule is CC1(C)c2cc(-c3ccc(-c4cccc5c4oc4ccccc45)nc3)ccc2-c2ccc(-c3ccc(-c4cccc5c4sc4ccccc45)nc3)cc21. The zero-order chi connectivity index (χ0) is 35.3. The van der Waals surface area contributed by atoms with Gasteiger partial charge in [0.05, 0.1) is 11.4 Å². The highest BCUT2D eigenvalue weighted by atomic mass is 32.1. The highest BCUT2D eigenvalue weighted by molar-refractivity contribution is 7.26. The van der Waals surface area contributed by atoms with Crippen LogP contribution >= 0.6 is 11.3 Å². The molecule has 0 aliphatic heterocycles. The Balaban J connectivity index is 0.898. The molecule has 6 aromatic carbocycles. The molecule has 0 atom stereocenters. The lowest BCUT2D eigenvalue weighted by Gasteiger charge is -2.22.